The van der Waals surface area contributed by atoms with E-state index in [4.69, 9.17) is 0 Å². The molecule has 0 atom stereocenters. The molecule has 0 spiro atoms. The molecule has 0 unspecified atom stereocenters. The van der Waals surface area contributed by atoms with E-state index in [1.165, 1.54) is 13.0 Å². The van der Waals surface area contributed by atoms with Crippen LogP contribution in [0.1, 0.15) is 65.2 Å². The molecule has 5 heteroatoms. The van der Waals surface area contributed by atoms with E-state index in [0.717, 1.165) is 11.1 Å². The second-order valence-corrected chi connectivity index (χ2v) is 10.2. The summed E-state index contributed by atoms with van der Waals surface area (Å²) in [4.78, 5) is -0.254. The predicted octanol–water partition coefficient (Wildman–Crippen LogP) is 4.29. The molecule has 24 heavy (non-hydrogen) atoms. The van der Waals surface area contributed by atoms with Crippen LogP contribution in [0.15, 0.2) is 17.0 Å². The molecule has 0 aromatic heterocycles. The fraction of sp³-hybridized carbons (Fsp3) is 0.526. The van der Waals surface area contributed by atoms with Crippen LogP contribution in [0.3, 0.4) is 0 Å². The molecule has 1 rings (SSSR count). The van der Waals surface area contributed by atoms with Crippen molar-refractivity contribution >= 4 is 15.9 Å². The molecule has 4 nitrogen and oxygen atoms in total. The van der Waals surface area contributed by atoms with E-state index >= 15 is 0 Å². The van der Waals surface area contributed by atoms with E-state index in [0.29, 0.717) is 5.56 Å². The van der Waals surface area contributed by atoms with Crippen molar-refractivity contribution in [2.75, 3.05) is 5.75 Å². The van der Waals surface area contributed by atoms with Crippen LogP contribution in [-0.2, 0) is 20.7 Å². The number of hydrogen-bond donors (Lipinski definition) is 1. The molecule has 0 fully saturated rings. The van der Waals surface area contributed by atoms with E-state index in [-0.39, 0.29) is 27.2 Å². The Morgan fingerprint density at radius 1 is 1.12 bits per heavy atom. The van der Waals surface area contributed by atoms with Gasteiger partial charge in [-0.05, 0) is 34.6 Å². The minimum Gasteiger partial charge on any atom is -0.507 e. The van der Waals surface area contributed by atoms with Crippen molar-refractivity contribution < 1.29 is 13.5 Å². The normalized spacial score (nSPS) is 13.7. The van der Waals surface area contributed by atoms with Crippen LogP contribution in [0.5, 0.6) is 5.75 Å². The smallest absolute Gasteiger partial charge is 0.188 e. The van der Waals surface area contributed by atoms with Crippen LogP contribution in [0.4, 0.5) is 0 Å². The summed E-state index contributed by atoms with van der Waals surface area (Å²) in [7, 11) is -3.58. The third-order valence-corrected chi connectivity index (χ3v) is 5.51. The molecule has 0 saturated carbocycles. The number of benzene rings is 1. The SMILES string of the molecule is CCS(=O)(=O)/C(C#N)=C/c1cc(C(C)(C)C)c(O)c(C(C)(C)C)c1. The summed E-state index contributed by atoms with van der Waals surface area (Å²) in [6, 6.07) is 5.30. The zero-order valence-corrected chi connectivity index (χ0v) is 16.4. The first-order chi connectivity index (χ1) is 10.7. The average molecular weight is 349 g/mol. The minimum absolute atomic E-state index is 0.122. The number of nitriles is 1. The highest BCUT2D eigenvalue weighted by Crippen LogP contribution is 2.40. The maximum Gasteiger partial charge on any atom is 0.188 e. The van der Waals surface area contributed by atoms with Gasteiger partial charge in [0, 0.05) is 11.1 Å². The second kappa shape index (κ2) is 6.60. The van der Waals surface area contributed by atoms with E-state index in [1.54, 1.807) is 18.2 Å². The Labute approximate surface area is 145 Å². The Balaban J connectivity index is 3.77. The Hall–Kier alpha value is -1.80. The van der Waals surface area contributed by atoms with Gasteiger partial charge in [0.05, 0.1) is 5.75 Å². The molecular weight excluding hydrogens is 322 g/mol. The number of nitrogens with zero attached hydrogens (tertiary/aromatic N) is 1. The van der Waals surface area contributed by atoms with Gasteiger partial charge in [0.15, 0.2) is 9.84 Å². The lowest BCUT2D eigenvalue weighted by Gasteiger charge is -2.28. The standard InChI is InChI=1S/C19H27NO3S/c1-8-24(22,23)14(12-20)9-13-10-15(18(2,3)4)17(21)16(11-13)19(5,6)7/h9-11,21H,8H2,1-7H3/b14-9+. The Bertz CT molecular complexity index is 763. The molecule has 0 aliphatic carbocycles. The van der Waals surface area contributed by atoms with Gasteiger partial charge < -0.3 is 5.11 Å². The molecule has 0 aliphatic rings. The summed E-state index contributed by atoms with van der Waals surface area (Å²) < 4.78 is 24.1. The second-order valence-electron chi connectivity index (χ2n) is 7.99. The Kier molecular flexibility index (Phi) is 5.57. The summed E-state index contributed by atoms with van der Waals surface area (Å²) in [5.41, 5.74) is 1.44. The van der Waals surface area contributed by atoms with Crippen LogP contribution in [0.2, 0.25) is 0 Å². The van der Waals surface area contributed by atoms with Crippen molar-refractivity contribution in [3.8, 4) is 11.8 Å². The van der Waals surface area contributed by atoms with Crippen LogP contribution in [0.25, 0.3) is 6.08 Å². The number of rotatable bonds is 3. The minimum atomic E-state index is -3.58. The van der Waals surface area contributed by atoms with Gasteiger partial charge in [0.1, 0.15) is 16.7 Å². The fourth-order valence-corrected chi connectivity index (χ4v) is 3.15. The number of allylic oxidation sites excluding steroid dienone is 1. The van der Waals surface area contributed by atoms with Gasteiger partial charge in [-0.25, -0.2) is 8.42 Å². The number of sulfone groups is 1. The van der Waals surface area contributed by atoms with Gasteiger partial charge in [-0.3, -0.25) is 0 Å². The first kappa shape index (κ1) is 20.2. The largest absolute Gasteiger partial charge is 0.507 e. The molecule has 0 heterocycles. The van der Waals surface area contributed by atoms with Crippen molar-refractivity contribution in [1.82, 2.24) is 0 Å². The van der Waals surface area contributed by atoms with Gasteiger partial charge in [0.25, 0.3) is 0 Å². The first-order valence-corrected chi connectivity index (χ1v) is 9.61. The Morgan fingerprint density at radius 2 is 1.54 bits per heavy atom. The van der Waals surface area contributed by atoms with Crippen molar-refractivity contribution in [2.45, 2.75) is 59.3 Å². The molecule has 132 valence electrons. The fourth-order valence-electron chi connectivity index (χ4n) is 2.38. The lowest BCUT2D eigenvalue weighted by Crippen LogP contribution is -2.17. The number of phenolic OH excluding ortho intramolecular Hbond substituents is 1. The lowest BCUT2D eigenvalue weighted by molar-refractivity contribution is 0.423. The summed E-state index contributed by atoms with van der Waals surface area (Å²) in [5.74, 6) is 0.104. The van der Waals surface area contributed by atoms with Crippen LogP contribution >= 0.6 is 0 Å². The summed E-state index contributed by atoms with van der Waals surface area (Å²) in [5, 5.41) is 19.9. The molecular formula is C19H27NO3S. The molecule has 0 saturated heterocycles. The van der Waals surface area contributed by atoms with Crippen molar-refractivity contribution in [3.63, 3.8) is 0 Å². The van der Waals surface area contributed by atoms with Gasteiger partial charge in [0.2, 0.25) is 0 Å². The summed E-state index contributed by atoms with van der Waals surface area (Å²) >= 11 is 0. The van der Waals surface area contributed by atoms with E-state index in [9.17, 15) is 18.8 Å². The number of phenols is 1. The van der Waals surface area contributed by atoms with Gasteiger partial charge in [-0.1, -0.05) is 48.5 Å². The Morgan fingerprint density at radius 3 is 1.83 bits per heavy atom. The topological polar surface area (TPSA) is 78.2 Å². The van der Waals surface area contributed by atoms with Crippen LogP contribution < -0.4 is 0 Å². The number of hydrogen-bond acceptors (Lipinski definition) is 4. The predicted molar refractivity (Wildman–Crippen MR) is 98.6 cm³/mol. The maximum atomic E-state index is 12.0. The highest BCUT2D eigenvalue weighted by molar-refractivity contribution is 7.95. The monoisotopic (exact) mass is 349 g/mol. The zero-order chi connectivity index (χ0) is 18.9. The highest BCUT2D eigenvalue weighted by Gasteiger charge is 2.26. The lowest BCUT2D eigenvalue weighted by atomic mass is 9.78. The van der Waals surface area contributed by atoms with Gasteiger partial charge in [-0.2, -0.15) is 5.26 Å². The summed E-state index contributed by atoms with van der Waals surface area (Å²) in [6.45, 7) is 13.4. The van der Waals surface area contributed by atoms with Crippen molar-refractivity contribution in [1.29, 1.82) is 5.26 Å². The van der Waals surface area contributed by atoms with Gasteiger partial charge >= 0.3 is 0 Å². The van der Waals surface area contributed by atoms with E-state index in [1.807, 2.05) is 41.5 Å². The molecule has 0 aliphatic heterocycles. The third kappa shape index (κ3) is 4.39. The molecule has 0 amide bonds. The highest BCUT2D eigenvalue weighted by atomic mass is 32.2. The quantitative estimate of drug-likeness (QED) is 0.826. The van der Waals surface area contributed by atoms with Crippen LogP contribution in [0, 0.1) is 11.3 Å². The van der Waals surface area contributed by atoms with Crippen LogP contribution in [-0.4, -0.2) is 19.3 Å². The number of aromatic hydroxyl groups is 1. The zero-order valence-electron chi connectivity index (χ0n) is 15.6. The van der Waals surface area contributed by atoms with Crippen molar-refractivity contribution in [2.24, 2.45) is 0 Å². The molecule has 0 radical (unpaired) electrons. The average Bonchev–Trinajstić information content (AvgIpc) is 2.43. The summed E-state index contributed by atoms with van der Waals surface area (Å²) in [6.07, 6.45) is 1.39. The molecule has 0 bridgehead atoms. The van der Waals surface area contributed by atoms with Crippen molar-refractivity contribution in [3.05, 3.63) is 33.7 Å². The molecule has 1 N–H and O–H groups in total. The maximum absolute atomic E-state index is 12.0. The van der Waals surface area contributed by atoms with E-state index < -0.39 is 9.84 Å². The van der Waals surface area contributed by atoms with E-state index in [2.05, 4.69) is 0 Å². The molecule has 1 aromatic carbocycles. The van der Waals surface area contributed by atoms with Gasteiger partial charge in [-0.15, -0.1) is 0 Å². The molecule has 1 aromatic rings. The third-order valence-electron chi connectivity index (χ3n) is 3.87. The first-order valence-electron chi connectivity index (χ1n) is 7.96.